The summed E-state index contributed by atoms with van der Waals surface area (Å²) in [6.07, 6.45) is 7.61. The van der Waals surface area contributed by atoms with Gasteiger partial charge in [0.25, 0.3) is 0 Å². The highest BCUT2D eigenvalue weighted by molar-refractivity contribution is 6.30. The van der Waals surface area contributed by atoms with Gasteiger partial charge in [-0.3, -0.25) is 4.57 Å². The lowest BCUT2D eigenvalue weighted by Gasteiger charge is -2.34. The molecule has 8 nitrogen and oxygen atoms in total. The van der Waals surface area contributed by atoms with E-state index in [2.05, 4.69) is 27.1 Å². The number of anilines is 3. The quantitative estimate of drug-likeness (QED) is 0.448. The first kappa shape index (κ1) is 23.3. The summed E-state index contributed by atoms with van der Waals surface area (Å²) in [5.74, 6) is 1.33. The smallest absolute Gasteiger partial charge is 0.225 e. The van der Waals surface area contributed by atoms with Gasteiger partial charge in [-0.25, -0.2) is 14.4 Å². The third-order valence-electron chi connectivity index (χ3n) is 7.08. The number of imidazole rings is 1. The van der Waals surface area contributed by atoms with Crippen LogP contribution in [-0.4, -0.2) is 44.8 Å². The molecule has 0 spiro atoms. The first-order valence-electron chi connectivity index (χ1n) is 12.0. The molecule has 3 heterocycles. The van der Waals surface area contributed by atoms with E-state index in [9.17, 15) is 4.39 Å². The summed E-state index contributed by atoms with van der Waals surface area (Å²) >= 11 is 6.08. The Hall–Kier alpha value is -2.49. The molecule has 0 radical (unpaired) electrons. The minimum absolute atomic E-state index is 0.116. The van der Waals surface area contributed by atoms with Crippen LogP contribution >= 0.6 is 11.6 Å². The summed E-state index contributed by atoms with van der Waals surface area (Å²) in [6.45, 7) is 4.33. The molecule has 2 aliphatic rings. The summed E-state index contributed by atoms with van der Waals surface area (Å²) in [5.41, 5.74) is 7.79. The average Bonchev–Trinajstić information content (AvgIpc) is 3.15. The highest BCUT2D eigenvalue weighted by Gasteiger charge is 2.30. The Morgan fingerprint density at radius 2 is 1.94 bits per heavy atom. The van der Waals surface area contributed by atoms with E-state index in [0.29, 0.717) is 40.6 Å². The molecule has 0 unspecified atom stereocenters. The maximum Gasteiger partial charge on any atom is 0.225 e. The number of hydrogen-bond donors (Lipinski definition) is 3. The van der Waals surface area contributed by atoms with Crippen LogP contribution in [0.3, 0.4) is 0 Å². The first-order chi connectivity index (χ1) is 16.4. The van der Waals surface area contributed by atoms with E-state index in [1.54, 1.807) is 12.3 Å². The fraction of sp³-hybridized carbons (Fsp3) is 0.542. The first-order valence-corrected chi connectivity index (χ1v) is 12.3. The van der Waals surface area contributed by atoms with E-state index in [4.69, 9.17) is 32.0 Å². The Bertz CT molecular complexity index is 1140. The lowest BCUT2D eigenvalue weighted by molar-refractivity contribution is 0.0656. The molecular formula is C24H31ClFN7O. The Morgan fingerprint density at radius 3 is 2.65 bits per heavy atom. The Kier molecular flexibility index (Phi) is 6.59. The zero-order valence-corrected chi connectivity index (χ0v) is 20.1. The number of fused-ring (bicyclic) bond motifs is 1. The molecule has 0 atom stereocenters. The molecule has 0 bridgehead atoms. The van der Waals surface area contributed by atoms with Gasteiger partial charge in [0.15, 0.2) is 5.65 Å². The minimum Gasteiger partial charge on any atom is -0.381 e. The number of hydrogen-bond acceptors (Lipinski definition) is 7. The largest absolute Gasteiger partial charge is 0.381 e. The molecule has 2 fully saturated rings. The highest BCUT2D eigenvalue weighted by atomic mass is 35.5. The molecule has 1 saturated heterocycles. The Labute approximate surface area is 203 Å². The van der Waals surface area contributed by atoms with E-state index < -0.39 is 5.82 Å². The number of nitrogens with one attached hydrogen (secondary N) is 2. The number of benzene rings is 1. The second-order valence-corrected chi connectivity index (χ2v) is 10.1. The summed E-state index contributed by atoms with van der Waals surface area (Å²) < 4.78 is 21.6. The molecule has 1 saturated carbocycles. The molecule has 34 heavy (non-hydrogen) atoms. The van der Waals surface area contributed by atoms with E-state index in [0.717, 1.165) is 57.4 Å². The van der Waals surface area contributed by atoms with E-state index in [1.165, 1.54) is 12.1 Å². The van der Waals surface area contributed by atoms with Gasteiger partial charge in [-0.15, -0.1) is 0 Å². The minimum atomic E-state index is -0.405. The lowest BCUT2D eigenvalue weighted by atomic mass is 9.86. The van der Waals surface area contributed by atoms with Crippen molar-refractivity contribution in [3.05, 3.63) is 35.2 Å². The molecule has 10 heteroatoms. The normalized spacial score (nSPS) is 22.6. The molecule has 4 N–H and O–H groups in total. The highest BCUT2D eigenvalue weighted by Crippen LogP contribution is 2.37. The molecule has 182 valence electrons. The molecular weight excluding hydrogens is 457 g/mol. The van der Waals surface area contributed by atoms with Gasteiger partial charge >= 0.3 is 0 Å². The van der Waals surface area contributed by atoms with Crippen molar-refractivity contribution in [2.24, 2.45) is 11.7 Å². The molecule has 1 aliphatic heterocycles. The van der Waals surface area contributed by atoms with Gasteiger partial charge in [0.2, 0.25) is 11.9 Å². The van der Waals surface area contributed by atoms with Crippen molar-refractivity contribution < 1.29 is 9.13 Å². The average molecular weight is 488 g/mol. The zero-order valence-electron chi connectivity index (χ0n) is 19.4. The molecule has 3 aromatic rings. The van der Waals surface area contributed by atoms with Crippen LogP contribution in [-0.2, 0) is 4.74 Å². The Morgan fingerprint density at radius 1 is 1.18 bits per heavy atom. The van der Waals surface area contributed by atoms with Crippen LogP contribution < -0.4 is 16.4 Å². The fourth-order valence-electron chi connectivity index (χ4n) is 5.00. The standard InChI is InChI=1S/C24H31ClFN7O/c1-24(6-8-34-9-7-24)32-22-28-14-20-21(31-22)33(19-4-2-15(13-27)3-5-19)23(30-20)29-18-11-16(25)10-17(26)12-18/h10-12,14-15,19H,2-9,13,27H2,1H3,(H,29,30)(H,28,31,32). The molecule has 2 aromatic heterocycles. The summed E-state index contributed by atoms with van der Waals surface area (Å²) in [4.78, 5) is 14.2. The third-order valence-corrected chi connectivity index (χ3v) is 7.29. The van der Waals surface area contributed by atoms with Crippen LogP contribution in [0.15, 0.2) is 24.4 Å². The molecule has 0 amide bonds. The monoisotopic (exact) mass is 487 g/mol. The summed E-state index contributed by atoms with van der Waals surface area (Å²) in [6, 6.07) is 4.58. The van der Waals surface area contributed by atoms with Gasteiger partial charge < -0.3 is 21.1 Å². The lowest BCUT2D eigenvalue weighted by Crippen LogP contribution is -2.41. The SMILES string of the molecule is CC1(Nc2ncc3nc(Nc4cc(F)cc(Cl)c4)n(C4CCC(CN)CC4)c3n2)CCOCC1. The van der Waals surface area contributed by atoms with Gasteiger partial charge in [0.1, 0.15) is 11.3 Å². The topological polar surface area (TPSA) is 103 Å². The van der Waals surface area contributed by atoms with E-state index in [1.807, 2.05) is 0 Å². The van der Waals surface area contributed by atoms with Crippen molar-refractivity contribution in [1.29, 1.82) is 0 Å². The summed E-state index contributed by atoms with van der Waals surface area (Å²) in [7, 11) is 0. The van der Waals surface area contributed by atoms with Crippen LogP contribution in [0.25, 0.3) is 11.2 Å². The van der Waals surface area contributed by atoms with Crippen molar-refractivity contribution in [2.45, 2.75) is 57.0 Å². The van der Waals surface area contributed by atoms with Crippen molar-refractivity contribution in [3.8, 4) is 0 Å². The number of halogens is 2. The van der Waals surface area contributed by atoms with Crippen LogP contribution in [0, 0.1) is 11.7 Å². The number of ether oxygens (including phenoxy) is 1. The van der Waals surface area contributed by atoms with E-state index >= 15 is 0 Å². The zero-order chi connectivity index (χ0) is 23.7. The van der Waals surface area contributed by atoms with Gasteiger partial charge in [0, 0.05) is 35.5 Å². The summed E-state index contributed by atoms with van der Waals surface area (Å²) in [5, 5.41) is 7.12. The number of rotatable bonds is 6. The Balaban J connectivity index is 1.52. The van der Waals surface area contributed by atoms with Crippen molar-refractivity contribution >= 4 is 40.3 Å². The maximum absolute atomic E-state index is 14.0. The van der Waals surface area contributed by atoms with Gasteiger partial charge in [-0.1, -0.05) is 11.6 Å². The van der Waals surface area contributed by atoms with Gasteiger partial charge in [-0.2, -0.15) is 4.98 Å². The van der Waals surface area contributed by atoms with Gasteiger partial charge in [0.05, 0.1) is 6.20 Å². The second-order valence-electron chi connectivity index (χ2n) is 9.70. The molecule has 1 aromatic carbocycles. The van der Waals surface area contributed by atoms with Crippen LogP contribution in [0.1, 0.15) is 51.5 Å². The number of nitrogens with zero attached hydrogens (tertiary/aromatic N) is 4. The molecule has 1 aliphatic carbocycles. The van der Waals surface area contributed by atoms with E-state index in [-0.39, 0.29) is 11.6 Å². The maximum atomic E-state index is 14.0. The van der Waals surface area contributed by atoms with Gasteiger partial charge in [-0.05, 0) is 76.1 Å². The number of aromatic nitrogens is 4. The number of nitrogens with two attached hydrogens (primary N) is 1. The third kappa shape index (κ3) is 4.96. The van der Waals surface area contributed by atoms with Crippen molar-refractivity contribution in [3.63, 3.8) is 0 Å². The predicted octanol–water partition coefficient (Wildman–Crippen LogP) is 5.03. The van der Waals surface area contributed by atoms with Crippen LogP contribution in [0.2, 0.25) is 5.02 Å². The fourth-order valence-corrected chi connectivity index (χ4v) is 5.22. The van der Waals surface area contributed by atoms with Crippen molar-refractivity contribution in [1.82, 2.24) is 19.5 Å². The molecule has 5 rings (SSSR count). The van der Waals surface area contributed by atoms with Crippen molar-refractivity contribution in [2.75, 3.05) is 30.4 Å². The van der Waals surface area contributed by atoms with Crippen LogP contribution in [0.4, 0.5) is 22.0 Å². The van der Waals surface area contributed by atoms with Crippen LogP contribution in [0.5, 0.6) is 0 Å². The predicted molar refractivity (Wildman–Crippen MR) is 132 cm³/mol. The second kappa shape index (κ2) is 9.64.